The molecule has 1 saturated carbocycles. The predicted octanol–water partition coefficient (Wildman–Crippen LogP) is 3.88. The fourth-order valence-electron chi connectivity index (χ4n) is 3.47. The van der Waals surface area contributed by atoms with Crippen molar-refractivity contribution >= 4 is 0 Å². The third-order valence-corrected chi connectivity index (χ3v) is 5.06. The first kappa shape index (κ1) is 14.5. The van der Waals surface area contributed by atoms with E-state index in [4.69, 9.17) is 5.84 Å². The first-order valence-electron chi connectivity index (χ1n) is 7.56. The van der Waals surface area contributed by atoms with E-state index in [1.807, 2.05) is 0 Å². The highest BCUT2D eigenvalue weighted by Gasteiger charge is 2.31. The summed E-state index contributed by atoms with van der Waals surface area (Å²) in [4.78, 5) is 0. The first-order chi connectivity index (χ1) is 9.02. The van der Waals surface area contributed by atoms with Crippen molar-refractivity contribution in [3.05, 3.63) is 34.9 Å². The molecule has 0 radical (unpaired) electrons. The molecule has 1 fully saturated rings. The number of nitrogens with two attached hydrogens (primary N) is 1. The summed E-state index contributed by atoms with van der Waals surface area (Å²) >= 11 is 0. The van der Waals surface area contributed by atoms with Gasteiger partial charge in [-0.3, -0.25) is 11.3 Å². The Bertz CT molecular complexity index is 427. The summed E-state index contributed by atoms with van der Waals surface area (Å²) in [5, 5.41) is 0. The van der Waals surface area contributed by atoms with Gasteiger partial charge < -0.3 is 0 Å². The van der Waals surface area contributed by atoms with E-state index in [9.17, 15) is 0 Å². The zero-order valence-electron chi connectivity index (χ0n) is 12.7. The second-order valence-corrected chi connectivity index (χ2v) is 6.53. The molecule has 3 N–H and O–H groups in total. The molecule has 106 valence electrons. The number of hydrogen-bond acceptors (Lipinski definition) is 2. The second kappa shape index (κ2) is 6.06. The molecule has 2 heteroatoms. The maximum Gasteiger partial charge on any atom is 0.0490 e. The van der Waals surface area contributed by atoms with E-state index in [-0.39, 0.29) is 0 Å². The average Bonchev–Trinajstić information content (AvgIpc) is 2.38. The zero-order chi connectivity index (χ0) is 14.0. The lowest BCUT2D eigenvalue weighted by Crippen LogP contribution is -2.37. The molecule has 0 saturated heterocycles. The molecule has 0 spiro atoms. The molecular formula is C17H28N2. The fourth-order valence-corrected chi connectivity index (χ4v) is 3.47. The maximum atomic E-state index is 5.88. The highest BCUT2D eigenvalue weighted by Crippen LogP contribution is 2.40. The third-order valence-electron chi connectivity index (χ3n) is 5.06. The molecule has 19 heavy (non-hydrogen) atoms. The smallest absolute Gasteiger partial charge is 0.0490 e. The standard InChI is InChI=1S/C17H28N2/c1-11-5-6-13(3)16(9-11)17(19-18)15-8-7-12(2)14(4)10-15/h5-6,9,12,14-15,17,19H,7-8,10,18H2,1-4H3. The number of aryl methyl sites for hydroxylation is 2. The number of benzene rings is 1. The molecule has 0 amide bonds. The summed E-state index contributed by atoms with van der Waals surface area (Å²) in [5.41, 5.74) is 7.14. The Balaban J connectivity index is 2.22. The van der Waals surface area contributed by atoms with Gasteiger partial charge in [0.1, 0.15) is 0 Å². The van der Waals surface area contributed by atoms with Crippen molar-refractivity contribution in [1.82, 2.24) is 5.43 Å². The van der Waals surface area contributed by atoms with Crippen LogP contribution in [0.3, 0.4) is 0 Å². The Labute approximate surface area is 117 Å². The van der Waals surface area contributed by atoms with Crippen LogP contribution >= 0.6 is 0 Å². The van der Waals surface area contributed by atoms with Crippen LogP contribution in [0.15, 0.2) is 18.2 Å². The van der Waals surface area contributed by atoms with Crippen molar-refractivity contribution in [2.45, 2.75) is 53.0 Å². The third kappa shape index (κ3) is 3.18. The molecule has 1 aliphatic rings. The Morgan fingerprint density at radius 2 is 1.89 bits per heavy atom. The van der Waals surface area contributed by atoms with E-state index in [0.717, 1.165) is 11.8 Å². The summed E-state index contributed by atoms with van der Waals surface area (Å²) < 4.78 is 0. The van der Waals surface area contributed by atoms with Crippen LogP contribution in [0.2, 0.25) is 0 Å². The van der Waals surface area contributed by atoms with Crippen LogP contribution < -0.4 is 11.3 Å². The number of hydrogen-bond donors (Lipinski definition) is 2. The molecule has 4 unspecified atom stereocenters. The number of rotatable bonds is 3. The molecule has 0 aliphatic heterocycles. The van der Waals surface area contributed by atoms with Gasteiger partial charge in [-0.1, -0.05) is 44.0 Å². The summed E-state index contributed by atoms with van der Waals surface area (Å²) in [6.07, 6.45) is 3.89. The van der Waals surface area contributed by atoms with Gasteiger partial charge in [-0.2, -0.15) is 0 Å². The van der Waals surface area contributed by atoms with Gasteiger partial charge in [0.2, 0.25) is 0 Å². The topological polar surface area (TPSA) is 38.0 Å². The maximum absolute atomic E-state index is 5.88. The van der Waals surface area contributed by atoms with Crippen LogP contribution in [0.4, 0.5) is 0 Å². The Morgan fingerprint density at radius 3 is 2.53 bits per heavy atom. The van der Waals surface area contributed by atoms with E-state index in [1.165, 1.54) is 36.0 Å². The molecule has 0 aromatic heterocycles. The SMILES string of the molecule is Cc1ccc(C)c(C(NN)C2CCC(C)C(C)C2)c1. The average molecular weight is 260 g/mol. The van der Waals surface area contributed by atoms with E-state index < -0.39 is 0 Å². The van der Waals surface area contributed by atoms with Crippen LogP contribution in [0.1, 0.15) is 55.8 Å². The van der Waals surface area contributed by atoms with Crippen molar-refractivity contribution in [3.63, 3.8) is 0 Å². The van der Waals surface area contributed by atoms with Gasteiger partial charge in [0.15, 0.2) is 0 Å². The predicted molar refractivity (Wildman–Crippen MR) is 81.6 cm³/mol. The normalized spacial score (nSPS) is 29.2. The van der Waals surface area contributed by atoms with Gasteiger partial charge >= 0.3 is 0 Å². The van der Waals surface area contributed by atoms with Crippen LogP contribution in [0, 0.1) is 31.6 Å². The minimum absolute atomic E-state index is 0.301. The summed E-state index contributed by atoms with van der Waals surface area (Å²) in [7, 11) is 0. The van der Waals surface area contributed by atoms with Crippen molar-refractivity contribution in [3.8, 4) is 0 Å². The lowest BCUT2D eigenvalue weighted by Gasteiger charge is -2.37. The minimum Gasteiger partial charge on any atom is -0.271 e. The summed E-state index contributed by atoms with van der Waals surface area (Å²) in [6, 6.07) is 6.99. The Morgan fingerprint density at radius 1 is 1.16 bits per heavy atom. The molecule has 2 rings (SSSR count). The van der Waals surface area contributed by atoms with Crippen molar-refractivity contribution in [1.29, 1.82) is 0 Å². The van der Waals surface area contributed by atoms with Gasteiger partial charge in [-0.05, 0) is 55.6 Å². The highest BCUT2D eigenvalue weighted by atomic mass is 15.2. The van der Waals surface area contributed by atoms with E-state index >= 15 is 0 Å². The Kier molecular flexibility index (Phi) is 4.64. The van der Waals surface area contributed by atoms with Gasteiger partial charge in [0.25, 0.3) is 0 Å². The molecule has 1 aliphatic carbocycles. The van der Waals surface area contributed by atoms with Crippen LogP contribution in [0.5, 0.6) is 0 Å². The van der Waals surface area contributed by atoms with Gasteiger partial charge in [-0.25, -0.2) is 0 Å². The lowest BCUT2D eigenvalue weighted by molar-refractivity contribution is 0.171. The van der Waals surface area contributed by atoms with Gasteiger partial charge in [0, 0.05) is 6.04 Å². The zero-order valence-corrected chi connectivity index (χ0v) is 12.7. The number of nitrogens with one attached hydrogen (secondary N) is 1. The molecule has 0 heterocycles. The summed E-state index contributed by atoms with van der Waals surface area (Å²) in [5.74, 6) is 8.21. The molecule has 1 aromatic carbocycles. The highest BCUT2D eigenvalue weighted by molar-refractivity contribution is 5.33. The van der Waals surface area contributed by atoms with E-state index in [1.54, 1.807) is 0 Å². The number of hydrazine groups is 1. The lowest BCUT2D eigenvalue weighted by atomic mass is 9.71. The monoisotopic (exact) mass is 260 g/mol. The minimum atomic E-state index is 0.301. The second-order valence-electron chi connectivity index (χ2n) is 6.53. The van der Waals surface area contributed by atoms with Crippen LogP contribution in [0.25, 0.3) is 0 Å². The van der Waals surface area contributed by atoms with E-state index in [2.05, 4.69) is 51.3 Å². The van der Waals surface area contributed by atoms with Crippen molar-refractivity contribution in [2.24, 2.45) is 23.6 Å². The molecule has 2 nitrogen and oxygen atoms in total. The molecular weight excluding hydrogens is 232 g/mol. The van der Waals surface area contributed by atoms with Gasteiger partial charge in [-0.15, -0.1) is 0 Å². The Hall–Kier alpha value is -0.860. The fraction of sp³-hybridized carbons (Fsp3) is 0.647. The summed E-state index contributed by atoms with van der Waals surface area (Å²) in [6.45, 7) is 9.10. The van der Waals surface area contributed by atoms with Crippen molar-refractivity contribution in [2.75, 3.05) is 0 Å². The molecule has 0 bridgehead atoms. The van der Waals surface area contributed by atoms with Crippen LogP contribution in [-0.2, 0) is 0 Å². The quantitative estimate of drug-likeness (QED) is 0.639. The molecule has 4 atom stereocenters. The first-order valence-corrected chi connectivity index (χ1v) is 7.56. The van der Waals surface area contributed by atoms with E-state index in [0.29, 0.717) is 12.0 Å². The molecule has 1 aromatic rings. The van der Waals surface area contributed by atoms with Crippen molar-refractivity contribution < 1.29 is 0 Å². The van der Waals surface area contributed by atoms with Crippen LogP contribution in [-0.4, -0.2) is 0 Å². The largest absolute Gasteiger partial charge is 0.271 e. The van der Waals surface area contributed by atoms with Gasteiger partial charge in [0.05, 0.1) is 0 Å².